The molecule has 2 N–H and O–H groups in total. The van der Waals surface area contributed by atoms with Crippen molar-refractivity contribution in [3.05, 3.63) is 45.3 Å². The number of thiophene rings is 1. The highest BCUT2D eigenvalue weighted by Crippen LogP contribution is 2.37. The zero-order valence-electron chi connectivity index (χ0n) is 14.5. The number of amides is 1. The quantitative estimate of drug-likeness (QED) is 0.778. The Morgan fingerprint density at radius 2 is 2.04 bits per heavy atom. The molecule has 2 aromatic heterocycles. The fraction of sp³-hybridized carbons (Fsp3) is 0.278. The van der Waals surface area contributed by atoms with Gasteiger partial charge in [-0.05, 0) is 32.9 Å². The van der Waals surface area contributed by atoms with Crippen molar-refractivity contribution in [3.63, 3.8) is 0 Å². The number of ether oxygens (including phenoxy) is 1. The van der Waals surface area contributed by atoms with Crippen LogP contribution in [0, 0.1) is 13.8 Å². The summed E-state index contributed by atoms with van der Waals surface area (Å²) in [4.78, 5) is 29.8. The molecule has 3 rings (SSSR count). The van der Waals surface area contributed by atoms with Crippen molar-refractivity contribution in [2.75, 3.05) is 7.11 Å². The third-order valence-electron chi connectivity index (χ3n) is 4.26. The number of rotatable bonds is 4. The molecule has 0 aliphatic rings. The molecule has 1 atom stereocenters. The lowest BCUT2D eigenvalue weighted by Crippen LogP contribution is -2.34. The number of hydrogen-bond donors (Lipinski definition) is 1. The summed E-state index contributed by atoms with van der Waals surface area (Å²) in [5, 5.41) is 2.38. The molecule has 0 radical (unpaired) electrons. The number of aryl methyl sites for hydroxylation is 2. The number of carbonyl (C=O) groups is 1. The Labute approximate surface area is 148 Å². The first kappa shape index (κ1) is 17.2. The molecule has 1 unspecified atom stereocenters. The van der Waals surface area contributed by atoms with Crippen molar-refractivity contribution in [1.29, 1.82) is 0 Å². The maximum absolute atomic E-state index is 13.1. The Kier molecular flexibility index (Phi) is 4.34. The average molecular weight is 357 g/mol. The SMILES string of the molecule is COc1ccc(C)cc1-c1csc2nc(C)n(C(C)C(N)=O)c(=O)c12. The van der Waals surface area contributed by atoms with Crippen molar-refractivity contribution < 1.29 is 9.53 Å². The molecule has 1 amide bonds. The van der Waals surface area contributed by atoms with Gasteiger partial charge >= 0.3 is 0 Å². The number of fused-ring (bicyclic) bond motifs is 1. The molecule has 0 aliphatic heterocycles. The van der Waals surface area contributed by atoms with Crippen molar-refractivity contribution in [2.45, 2.75) is 26.8 Å². The van der Waals surface area contributed by atoms with E-state index in [0.717, 1.165) is 16.7 Å². The molecule has 130 valence electrons. The second-order valence-corrected chi connectivity index (χ2v) is 6.80. The smallest absolute Gasteiger partial charge is 0.263 e. The van der Waals surface area contributed by atoms with E-state index in [2.05, 4.69) is 4.98 Å². The van der Waals surface area contributed by atoms with Gasteiger partial charge in [-0.15, -0.1) is 11.3 Å². The van der Waals surface area contributed by atoms with Crippen LogP contribution in [0.15, 0.2) is 28.4 Å². The van der Waals surface area contributed by atoms with Crippen LogP contribution >= 0.6 is 11.3 Å². The average Bonchev–Trinajstić information content (AvgIpc) is 2.98. The highest BCUT2D eigenvalue weighted by molar-refractivity contribution is 7.17. The van der Waals surface area contributed by atoms with Gasteiger partial charge in [-0.25, -0.2) is 4.98 Å². The van der Waals surface area contributed by atoms with Crippen molar-refractivity contribution in [1.82, 2.24) is 9.55 Å². The number of nitrogens with zero attached hydrogens (tertiary/aromatic N) is 2. The topological polar surface area (TPSA) is 87.2 Å². The van der Waals surface area contributed by atoms with Crippen molar-refractivity contribution >= 4 is 27.5 Å². The summed E-state index contributed by atoms with van der Waals surface area (Å²) >= 11 is 1.39. The molecule has 0 bridgehead atoms. The lowest BCUT2D eigenvalue weighted by Gasteiger charge is -2.15. The third kappa shape index (κ3) is 2.80. The van der Waals surface area contributed by atoms with Crippen molar-refractivity contribution in [3.8, 4) is 16.9 Å². The van der Waals surface area contributed by atoms with Gasteiger partial charge in [0.1, 0.15) is 22.4 Å². The van der Waals surface area contributed by atoms with Crippen LogP contribution < -0.4 is 16.0 Å². The summed E-state index contributed by atoms with van der Waals surface area (Å²) in [5.41, 5.74) is 7.76. The van der Waals surface area contributed by atoms with E-state index in [1.807, 2.05) is 30.5 Å². The molecule has 6 nitrogen and oxygen atoms in total. The molecule has 0 saturated carbocycles. The lowest BCUT2D eigenvalue weighted by atomic mass is 10.0. The minimum absolute atomic E-state index is 0.270. The largest absolute Gasteiger partial charge is 0.496 e. The second kappa shape index (κ2) is 6.33. The molecular formula is C18H19N3O3S. The van der Waals surface area contributed by atoms with E-state index < -0.39 is 11.9 Å². The summed E-state index contributed by atoms with van der Waals surface area (Å²) in [6.45, 7) is 5.28. The number of carbonyl (C=O) groups excluding carboxylic acids is 1. The van der Waals surface area contributed by atoms with Gasteiger partial charge in [0.05, 0.1) is 12.5 Å². The lowest BCUT2D eigenvalue weighted by molar-refractivity contribution is -0.120. The first-order valence-electron chi connectivity index (χ1n) is 7.79. The van der Waals surface area contributed by atoms with Gasteiger partial charge in [0.15, 0.2) is 0 Å². The van der Waals surface area contributed by atoms with Gasteiger partial charge in [0.25, 0.3) is 5.56 Å². The van der Waals surface area contributed by atoms with E-state index in [-0.39, 0.29) is 5.56 Å². The van der Waals surface area contributed by atoms with Crippen LogP contribution in [0.3, 0.4) is 0 Å². The van der Waals surface area contributed by atoms with Crippen LogP contribution in [-0.4, -0.2) is 22.6 Å². The second-order valence-electron chi connectivity index (χ2n) is 5.95. The van der Waals surface area contributed by atoms with E-state index >= 15 is 0 Å². The van der Waals surface area contributed by atoms with E-state index in [1.54, 1.807) is 21.0 Å². The predicted molar refractivity (Wildman–Crippen MR) is 99.2 cm³/mol. The highest BCUT2D eigenvalue weighted by atomic mass is 32.1. The van der Waals surface area contributed by atoms with E-state index in [4.69, 9.17) is 10.5 Å². The molecule has 25 heavy (non-hydrogen) atoms. The summed E-state index contributed by atoms with van der Waals surface area (Å²) in [7, 11) is 1.60. The number of aromatic nitrogens is 2. The van der Waals surface area contributed by atoms with Crippen LogP contribution in [0.4, 0.5) is 0 Å². The molecule has 0 aliphatic carbocycles. The Morgan fingerprint density at radius 3 is 2.68 bits per heavy atom. The summed E-state index contributed by atoms with van der Waals surface area (Å²) in [5.74, 6) is 0.574. The monoisotopic (exact) mass is 357 g/mol. The zero-order valence-corrected chi connectivity index (χ0v) is 15.3. The van der Waals surface area contributed by atoms with Crippen LogP contribution in [-0.2, 0) is 4.79 Å². The summed E-state index contributed by atoms with van der Waals surface area (Å²) < 4.78 is 6.80. The number of benzene rings is 1. The van der Waals surface area contributed by atoms with Gasteiger partial charge in [-0.3, -0.25) is 14.2 Å². The fourth-order valence-corrected chi connectivity index (χ4v) is 3.89. The van der Waals surface area contributed by atoms with E-state index in [9.17, 15) is 9.59 Å². The molecule has 3 aromatic rings. The van der Waals surface area contributed by atoms with Crippen LogP contribution in [0.2, 0.25) is 0 Å². The van der Waals surface area contributed by atoms with Gasteiger partial charge in [-0.1, -0.05) is 11.6 Å². The molecule has 7 heteroatoms. The number of hydrogen-bond acceptors (Lipinski definition) is 5. The van der Waals surface area contributed by atoms with E-state index in [1.165, 1.54) is 15.9 Å². The third-order valence-corrected chi connectivity index (χ3v) is 5.13. The normalized spacial score (nSPS) is 12.3. The number of primary amides is 1. The first-order valence-corrected chi connectivity index (χ1v) is 8.67. The maximum Gasteiger partial charge on any atom is 0.263 e. The van der Waals surface area contributed by atoms with Gasteiger partial charge in [-0.2, -0.15) is 0 Å². The van der Waals surface area contributed by atoms with Crippen LogP contribution in [0.5, 0.6) is 5.75 Å². The Bertz CT molecular complexity index is 1040. The summed E-state index contributed by atoms with van der Waals surface area (Å²) in [6, 6.07) is 5.03. The van der Waals surface area contributed by atoms with E-state index in [0.29, 0.717) is 21.8 Å². The van der Waals surface area contributed by atoms with Crippen LogP contribution in [0.25, 0.3) is 21.3 Å². The fourth-order valence-electron chi connectivity index (χ4n) is 2.92. The minimum Gasteiger partial charge on any atom is -0.496 e. The molecule has 0 saturated heterocycles. The Morgan fingerprint density at radius 1 is 1.32 bits per heavy atom. The van der Waals surface area contributed by atoms with Crippen molar-refractivity contribution in [2.24, 2.45) is 5.73 Å². The number of methoxy groups -OCH3 is 1. The molecule has 2 heterocycles. The predicted octanol–water partition coefficient (Wildman–Crippen LogP) is 2.80. The summed E-state index contributed by atoms with van der Waals surface area (Å²) in [6.07, 6.45) is 0. The van der Waals surface area contributed by atoms with Gasteiger partial charge in [0.2, 0.25) is 5.91 Å². The van der Waals surface area contributed by atoms with Crippen LogP contribution in [0.1, 0.15) is 24.4 Å². The first-order chi connectivity index (χ1) is 11.8. The minimum atomic E-state index is -0.767. The van der Waals surface area contributed by atoms with Gasteiger partial charge in [0, 0.05) is 16.5 Å². The number of nitrogens with two attached hydrogens (primary N) is 1. The molecule has 0 fully saturated rings. The standard InChI is InChI=1S/C18H19N3O3S/c1-9-5-6-14(24-4)12(7-9)13-8-25-17-15(13)18(23)21(11(3)20-17)10(2)16(19)22/h5-8,10H,1-4H3,(H2,19,22). The van der Waals surface area contributed by atoms with Gasteiger partial charge < -0.3 is 10.5 Å². The molecule has 1 aromatic carbocycles. The molecular weight excluding hydrogens is 338 g/mol. The highest BCUT2D eigenvalue weighted by Gasteiger charge is 2.22. The Hall–Kier alpha value is -2.67. The molecule has 0 spiro atoms. The maximum atomic E-state index is 13.1. The zero-order chi connectivity index (χ0) is 18.3. The Balaban J connectivity index is 2.37.